The van der Waals surface area contributed by atoms with E-state index in [1.165, 1.54) is 0 Å². The van der Waals surface area contributed by atoms with Crippen LogP contribution in [0.3, 0.4) is 0 Å². The zero-order chi connectivity index (χ0) is 14.3. The van der Waals surface area contributed by atoms with E-state index in [9.17, 15) is 9.90 Å². The van der Waals surface area contributed by atoms with Gasteiger partial charge in [-0.25, -0.2) is 0 Å². The fraction of sp³-hybridized carbons (Fsp3) is 0.500. The van der Waals surface area contributed by atoms with E-state index in [0.717, 1.165) is 11.3 Å². The van der Waals surface area contributed by atoms with E-state index in [1.54, 1.807) is 7.11 Å². The van der Waals surface area contributed by atoms with Crippen LogP contribution in [0.4, 0.5) is 0 Å². The number of carboxylic acid groups (broad SMARTS) is 1. The predicted octanol–water partition coefficient (Wildman–Crippen LogP) is 1.35. The summed E-state index contributed by atoms with van der Waals surface area (Å²) in [6, 6.07) is 7.73. The Labute approximate surface area is 113 Å². The molecule has 1 unspecified atom stereocenters. The van der Waals surface area contributed by atoms with Gasteiger partial charge in [-0.05, 0) is 31.2 Å². The van der Waals surface area contributed by atoms with Crippen molar-refractivity contribution >= 4 is 5.97 Å². The topological polar surface area (TPSA) is 70.0 Å². The van der Waals surface area contributed by atoms with Gasteiger partial charge < -0.3 is 14.9 Å². The number of nitrogens with zero attached hydrogens (tertiary/aromatic N) is 1. The van der Waals surface area contributed by atoms with Crippen LogP contribution < -0.4 is 4.74 Å². The Morgan fingerprint density at radius 2 is 2.00 bits per heavy atom. The summed E-state index contributed by atoms with van der Waals surface area (Å²) in [6.45, 7) is 1.16. The minimum absolute atomic E-state index is 0.00244. The Morgan fingerprint density at radius 1 is 1.37 bits per heavy atom. The molecule has 106 valence electrons. The first-order chi connectivity index (χ1) is 9.01. The highest BCUT2D eigenvalue weighted by atomic mass is 16.5. The highest BCUT2D eigenvalue weighted by Crippen LogP contribution is 2.12. The number of carbonyl (C=O) groups is 1. The highest BCUT2D eigenvalue weighted by Gasteiger charge is 2.10. The zero-order valence-corrected chi connectivity index (χ0v) is 11.4. The second-order valence-corrected chi connectivity index (χ2v) is 4.63. The molecule has 0 aliphatic carbocycles. The van der Waals surface area contributed by atoms with Crippen LogP contribution in [0.5, 0.6) is 5.75 Å². The van der Waals surface area contributed by atoms with Crippen LogP contribution in [-0.2, 0) is 11.3 Å². The highest BCUT2D eigenvalue weighted by molar-refractivity contribution is 5.66. The van der Waals surface area contributed by atoms with E-state index in [1.807, 2.05) is 36.2 Å². The lowest BCUT2D eigenvalue weighted by Crippen LogP contribution is -2.29. The van der Waals surface area contributed by atoms with Crippen molar-refractivity contribution in [2.24, 2.45) is 0 Å². The number of likely N-dealkylation sites (N-methyl/N-ethyl adjacent to an activating group) is 1. The molecular weight excluding hydrogens is 246 g/mol. The smallest absolute Gasteiger partial charge is 0.303 e. The van der Waals surface area contributed by atoms with Gasteiger partial charge in [0.05, 0.1) is 13.2 Å². The van der Waals surface area contributed by atoms with E-state index < -0.39 is 12.1 Å². The Bertz CT molecular complexity index is 391. The molecule has 19 heavy (non-hydrogen) atoms. The molecule has 0 aliphatic rings. The summed E-state index contributed by atoms with van der Waals surface area (Å²) in [6.07, 6.45) is -0.334. The van der Waals surface area contributed by atoms with Gasteiger partial charge in [0.25, 0.3) is 0 Å². The molecule has 0 amide bonds. The third-order valence-corrected chi connectivity index (χ3v) is 2.83. The molecule has 5 nitrogen and oxygen atoms in total. The Balaban J connectivity index is 2.36. The predicted molar refractivity (Wildman–Crippen MR) is 72.2 cm³/mol. The number of carboxylic acids is 1. The van der Waals surface area contributed by atoms with Crippen LogP contribution in [0.1, 0.15) is 18.4 Å². The Hall–Kier alpha value is -1.59. The maximum absolute atomic E-state index is 10.4. The summed E-state index contributed by atoms with van der Waals surface area (Å²) in [5, 5.41) is 18.2. The van der Waals surface area contributed by atoms with Crippen molar-refractivity contribution in [2.45, 2.75) is 25.5 Å². The van der Waals surface area contributed by atoms with Crippen LogP contribution in [0.2, 0.25) is 0 Å². The molecule has 1 rings (SSSR count). The van der Waals surface area contributed by atoms with Gasteiger partial charge in [0.1, 0.15) is 5.75 Å². The molecule has 0 spiro atoms. The van der Waals surface area contributed by atoms with Crippen LogP contribution in [0.15, 0.2) is 24.3 Å². The first kappa shape index (κ1) is 15.5. The standard InChI is InChI=1S/C14H21NO4/c1-15(10-12(16)5-8-14(17)18)9-11-3-6-13(19-2)7-4-11/h3-4,6-7,12,16H,5,8-10H2,1-2H3,(H,17,18). The number of aliphatic carboxylic acids is 1. The third-order valence-electron chi connectivity index (χ3n) is 2.83. The maximum Gasteiger partial charge on any atom is 0.303 e. The molecule has 0 radical (unpaired) electrons. The van der Waals surface area contributed by atoms with Gasteiger partial charge in [0, 0.05) is 19.5 Å². The molecule has 0 aromatic heterocycles. The molecular formula is C14H21NO4. The van der Waals surface area contributed by atoms with Gasteiger partial charge in [0.15, 0.2) is 0 Å². The Kier molecular flexibility index (Phi) is 6.32. The number of rotatable bonds is 8. The molecule has 0 aliphatic heterocycles. The van der Waals surface area contributed by atoms with Gasteiger partial charge in [-0.2, -0.15) is 0 Å². The average molecular weight is 267 g/mol. The minimum Gasteiger partial charge on any atom is -0.497 e. The number of ether oxygens (including phenoxy) is 1. The van der Waals surface area contributed by atoms with Crippen molar-refractivity contribution in [1.82, 2.24) is 4.90 Å². The van der Waals surface area contributed by atoms with E-state index in [0.29, 0.717) is 13.1 Å². The lowest BCUT2D eigenvalue weighted by molar-refractivity contribution is -0.137. The molecule has 1 aromatic rings. The lowest BCUT2D eigenvalue weighted by Gasteiger charge is -2.20. The number of methoxy groups -OCH3 is 1. The molecule has 0 saturated heterocycles. The van der Waals surface area contributed by atoms with Crippen molar-refractivity contribution in [1.29, 1.82) is 0 Å². The number of aliphatic hydroxyl groups excluding tert-OH is 1. The molecule has 0 bridgehead atoms. The lowest BCUT2D eigenvalue weighted by atomic mass is 10.1. The van der Waals surface area contributed by atoms with Crippen LogP contribution >= 0.6 is 0 Å². The quantitative estimate of drug-likeness (QED) is 0.744. The van der Waals surface area contributed by atoms with Crippen LogP contribution in [0.25, 0.3) is 0 Å². The van der Waals surface area contributed by atoms with E-state index in [2.05, 4.69) is 0 Å². The van der Waals surface area contributed by atoms with E-state index >= 15 is 0 Å². The van der Waals surface area contributed by atoms with E-state index in [-0.39, 0.29) is 12.8 Å². The van der Waals surface area contributed by atoms with Crippen molar-refractivity contribution in [3.63, 3.8) is 0 Å². The summed E-state index contributed by atoms with van der Waals surface area (Å²) >= 11 is 0. The molecule has 1 atom stereocenters. The molecule has 5 heteroatoms. The second-order valence-electron chi connectivity index (χ2n) is 4.63. The van der Waals surface area contributed by atoms with Crippen molar-refractivity contribution in [2.75, 3.05) is 20.7 Å². The monoisotopic (exact) mass is 267 g/mol. The molecule has 0 fully saturated rings. The number of aliphatic hydroxyl groups is 1. The largest absolute Gasteiger partial charge is 0.497 e. The Morgan fingerprint density at radius 3 is 2.53 bits per heavy atom. The van der Waals surface area contributed by atoms with E-state index in [4.69, 9.17) is 9.84 Å². The SMILES string of the molecule is COc1ccc(CN(C)CC(O)CCC(=O)O)cc1. The van der Waals surface area contributed by atoms with Crippen LogP contribution in [-0.4, -0.2) is 47.9 Å². The summed E-state index contributed by atoms with van der Waals surface area (Å²) in [5.41, 5.74) is 1.12. The van der Waals surface area contributed by atoms with Gasteiger partial charge in [-0.3, -0.25) is 9.69 Å². The summed E-state index contributed by atoms with van der Waals surface area (Å²) in [4.78, 5) is 12.4. The fourth-order valence-electron chi connectivity index (χ4n) is 1.85. The van der Waals surface area contributed by atoms with Gasteiger partial charge in [-0.15, -0.1) is 0 Å². The second kappa shape index (κ2) is 7.76. The van der Waals surface area contributed by atoms with Crippen molar-refractivity contribution in [3.05, 3.63) is 29.8 Å². The maximum atomic E-state index is 10.4. The number of hydrogen-bond acceptors (Lipinski definition) is 4. The summed E-state index contributed by atoms with van der Waals surface area (Å²) in [7, 11) is 3.52. The summed E-state index contributed by atoms with van der Waals surface area (Å²) < 4.78 is 5.08. The first-order valence-corrected chi connectivity index (χ1v) is 6.22. The summed E-state index contributed by atoms with van der Waals surface area (Å²) in [5.74, 6) is -0.0650. The van der Waals surface area contributed by atoms with Crippen LogP contribution in [0, 0.1) is 0 Å². The molecule has 0 heterocycles. The van der Waals surface area contributed by atoms with Crippen molar-refractivity contribution in [3.8, 4) is 5.75 Å². The zero-order valence-electron chi connectivity index (χ0n) is 11.4. The average Bonchev–Trinajstić information content (AvgIpc) is 2.37. The number of hydrogen-bond donors (Lipinski definition) is 2. The molecule has 2 N–H and O–H groups in total. The van der Waals surface area contributed by atoms with Gasteiger partial charge >= 0.3 is 5.97 Å². The number of benzene rings is 1. The minimum atomic E-state index is -0.878. The first-order valence-electron chi connectivity index (χ1n) is 6.22. The fourth-order valence-corrected chi connectivity index (χ4v) is 1.85. The molecule has 1 aromatic carbocycles. The third kappa shape index (κ3) is 6.22. The van der Waals surface area contributed by atoms with Gasteiger partial charge in [-0.1, -0.05) is 12.1 Å². The normalized spacial score (nSPS) is 12.4. The van der Waals surface area contributed by atoms with Gasteiger partial charge in [0.2, 0.25) is 0 Å². The van der Waals surface area contributed by atoms with Crippen molar-refractivity contribution < 1.29 is 19.7 Å². The molecule has 0 saturated carbocycles.